The van der Waals surface area contributed by atoms with Crippen LogP contribution in [0.5, 0.6) is 0 Å². The van der Waals surface area contributed by atoms with Gasteiger partial charge in [0.2, 0.25) is 0 Å². The number of likely N-dealkylation sites (tertiary alicyclic amines) is 1. The van der Waals surface area contributed by atoms with Crippen molar-refractivity contribution in [3.63, 3.8) is 0 Å². The van der Waals surface area contributed by atoms with Gasteiger partial charge in [-0.05, 0) is 45.2 Å². The highest BCUT2D eigenvalue weighted by atomic mass is 127. The van der Waals surface area contributed by atoms with Crippen LogP contribution in [0.3, 0.4) is 0 Å². The van der Waals surface area contributed by atoms with Crippen molar-refractivity contribution in [1.29, 1.82) is 0 Å². The molecule has 2 aliphatic heterocycles. The van der Waals surface area contributed by atoms with Gasteiger partial charge in [-0.15, -0.1) is 24.0 Å². The highest BCUT2D eigenvalue weighted by molar-refractivity contribution is 14.0. The molecule has 30 heavy (non-hydrogen) atoms. The van der Waals surface area contributed by atoms with Crippen molar-refractivity contribution in [2.75, 3.05) is 52.4 Å². The third-order valence-corrected chi connectivity index (χ3v) is 7.46. The molecule has 1 atom stereocenters. The normalized spacial score (nSPS) is 22.4. The monoisotopic (exact) mass is 569 g/mol. The molecule has 0 amide bonds. The minimum absolute atomic E-state index is 0. The second-order valence-corrected chi connectivity index (χ2v) is 9.53. The third kappa shape index (κ3) is 6.83. The molecule has 0 aliphatic carbocycles. The fourth-order valence-corrected chi connectivity index (χ4v) is 5.08. The average molecular weight is 569 g/mol. The SMILES string of the molecule is CCNC(=NCC1CCN(S(=O)(=O)C(F)(F)F)CC1)N1CCC(N(CC)CC)C1.I. The van der Waals surface area contributed by atoms with E-state index in [9.17, 15) is 21.6 Å². The number of sulfonamides is 1. The van der Waals surface area contributed by atoms with Crippen molar-refractivity contribution in [2.45, 2.75) is 51.6 Å². The van der Waals surface area contributed by atoms with E-state index < -0.39 is 15.5 Å². The summed E-state index contributed by atoms with van der Waals surface area (Å²) in [5, 5.41) is 3.31. The molecule has 2 fully saturated rings. The van der Waals surface area contributed by atoms with E-state index in [4.69, 9.17) is 4.99 Å². The van der Waals surface area contributed by atoms with Crippen molar-refractivity contribution >= 4 is 40.0 Å². The molecule has 0 radical (unpaired) electrons. The van der Waals surface area contributed by atoms with Crippen LogP contribution in [0.1, 0.15) is 40.0 Å². The third-order valence-electron chi connectivity index (χ3n) is 5.83. The fourth-order valence-electron chi connectivity index (χ4n) is 4.09. The van der Waals surface area contributed by atoms with Crippen LogP contribution in [0, 0.1) is 5.92 Å². The number of rotatable bonds is 7. The smallest absolute Gasteiger partial charge is 0.357 e. The maximum Gasteiger partial charge on any atom is 0.511 e. The average Bonchev–Trinajstić information content (AvgIpc) is 3.15. The van der Waals surface area contributed by atoms with Gasteiger partial charge in [-0.1, -0.05) is 13.8 Å². The van der Waals surface area contributed by atoms with Gasteiger partial charge in [0, 0.05) is 45.3 Å². The van der Waals surface area contributed by atoms with Gasteiger partial charge in [-0.25, -0.2) is 8.42 Å². The predicted octanol–water partition coefficient (Wildman–Crippen LogP) is 2.55. The van der Waals surface area contributed by atoms with Gasteiger partial charge in [0.15, 0.2) is 5.96 Å². The second-order valence-electron chi connectivity index (χ2n) is 7.60. The molecule has 2 heterocycles. The summed E-state index contributed by atoms with van der Waals surface area (Å²) in [4.78, 5) is 9.41. The highest BCUT2D eigenvalue weighted by Gasteiger charge is 2.50. The van der Waals surface area contributed by atoms with Crippen LogP contribution in [0.15, 0.2) is 4.99 Å². The maximum absolute atomic E-state index is 12.7. The summed E-state index contributed by atoms with van der Waals surface area (Å²) in [5.74, 6) is 0.928. The number of alkyl halides is 3. The molecule has 7 nitrogen and oxygen atoms in total. The molecule has 0 spiro atoms. The van der Waals surface area contributed by atoms with E-state index in [1.807, 2.05) is 6.92 Å². The lowest BCUT2D eigenvalue weighted by molar-refractivity contribution is -0.0496. The van der Waals surface area contributed by atoms with Crippen molar-refractivity contribution in [2.24, 2.45) is 10.9 Å². The van der Waals surface area contributed by atoms with Gasteiger partial charge in [-0.2, -0.15) is 17.5 Å². The number of nitrogens with zero attached hydrogens (tertiary/aromatic N) is 4. The summed E-state index contributed by atoms with van der Waals surface area (Å²) < 4.78 is 61.7. The first-order valence-corrected chi connectivity index (χ1v) is 11.9. The van der Waals surface area contributed by atoms with E-state index in [0.717, 1.165) is 45.1 Å². The van der Waals surface area contributed by atoms with Crippen LogP contribution >= 0.6 is 24.0 Å². The Kier molecular flexibility index (Phi) is 11.1. The minimum Gasteiger partial charge on any atom is -0.357 e. The highest BCUT2D eigenvalue weighted by Crippen LogP contribution is 2.30. The largest absolute Gasteiger partial charge is 0.511 e. The number of piperidine rings is 1. The Balaban J connectivity index is 0.00000450. The molecule has 0 aromatic carbocycles. The number of hydrogen-bond acceptors (Lipinski definition) is 4. The van der Waals surface area contributed by atoms with E-state index in [0.29, 0.717) is 29.7 Å². The molecule has 1 N–H and O–H groups in total. The topological polar surface area (TPSA) is 68.2 Å². The van der Waals surface area contributed by atoms with E-state index in [1.165, 1.54) is 0 Å². The molecular formula is C18H35F3IN5O2S. The molecule has 2 saturated heterocycles. The van der Waals surface area contributed by atoms with Gasteiger partial charge >= 0.3 is 15.5 Å². The van der Waals surface area contributed by atoms with Crippen LogP contribution < -0.4 is 5.32 Å². The van der Waals surface area contributed by atoms with Crippen LogP contribution in [0.25, 0.3) is 0 Å². The molecular weight excluding hydrogens is 534 g/mol. The summed E-state index contributed by atoms with van der Waals surface area (Å²) in [6.45, 7) is 11.2. The Bertz CT molecular complexity index is 651. The number of aliphatic imine (C=N–C) groups is 1. The standard InChI is InChI=1S/C18H34F3N5O2S.HI/c1-4-22-17(25-10-9-16(14-25)24(5-2)6-3)23-13-15-7-11-26(12-8-15)29(27,28)18(19,20)21;/h15-16H,4-14H2,1-3H3,(H,22,23);1H. The molecule has 0 aromatic rings. The number of hydrogen-bond donors (Lipinski definition) is 1. The zero-order valence-corrected chi connectivity index (χ0v) is 21.1. The Morgan fingerprint density at radius 3 is 2.20 bits per heavy atom. The molecule has 2 rings (SSSR count). The summed E-state index contributed by atoms with van der Waals surface area (Å²) in [7, 11) is -5.22. The molecule has 2 aliphatic rings. The molecule has 0 aromatic heterocycles. The predicted molar refractivity (Wildman–Crippen MR) is 124 cm³/mol. The maximum atomic E-state index is 12.7. The molecule has 1 unspecified atom stereocenters. The molecule has 0 bridgehead atoms. The van der Waals surface area contributed by atoms with Gasteiger partial charge in [0.05, 0.1) is 0 Å². The number of halogens is 4. The van der Waals surface area contributed by atoms with Crippen molar-refractivity contribution in [3.8, 4) is 0 Å². The van der Waals surface area contributed by atoms with Gasteiger partial charge in [0.25, 0.3) is 0 Å². The van der Waals surface area contributed by atoms with E-state index >= 15 is 0 Å². The van der Waals surface area contributed by atoms with Crippen LogP contribution in [-0.4, -0.2) is 92.4 Å². The molecule has 178 valence electrons. The van der Waals surface area contributed by atoms with E-state index in [-0.39, 0.29) is 43.0 Å². The van der Waals surface area contributed by atoms with Gasteiger partial charge in [0.1, 0.15) is 0 Å². The Labute approximate surface area is 195 Å². The summed E-state index contributed by atoms with van der Waals surface area (Å²) in [6.07, 6.45) is 1.86. The minimum atomic E-state index is -5.23. The first kappa shape index (κ1) is 27.7. The quantitative estimate of drug-likeness (QED) is 0.290. The summed E-state index contributed by atoms with van der Waals surface area (Å²) >= 11 is 0. The summed E-state index contributed by atoms with van der Waals surface area (Å²) in [6, 6.07) is 0.504. The second kappa shape index (κ2) is 12.0. The zero-order valence-electron chi connectivity index (χ0n) is 18.0. The van der Waals surface area contributed by atoms with Crippen LogP contribution in [-0.2, 0) is 10.0 Å². The van der Waals surface area contributed by atoms with Crippen LogP contribution in [0.4, 0.5) is 13.2 Å². The first-order valence-electron chi connectivity index (χ1n) is 10.5. The Morgan fingerprint density at radius 1 is 1.10 bits per heavy atom. The van der Waals surface area contributed by atoms with E-state index in [2.05, 4.69) is 29.0 Å². The lowest BCUT2D eigenvalue weighted by atomic mass is 9.98. The summed E-state index contributed by atoms with van der Waals surface area (Å²) in [5.41, 5.74) is -5.23. The number of likely N-dealkylation sites (N-methyl/N-ethyl adjacent to an activating group) is 1. The van der Waals surface area contributed by atoms with Crippen LogP contribution in [0.2, 0.25) is 0 Å². The fraction of sp³-hybridized carbons (Fsp3) is 0.944. The molecule has 12 heteroatoms. The Morgan fingerprint density at radius 2 is 1.70 bits per heavy atom. The van der Waals surface area contributed by atoms with Crippen molar-refractivity contribution in [3.05, 3.63) is 0 Å². The number of guanidine groups is 1. The Hall–Kier alpha value is -0.340. The van der Waals surface area contributed by atoms with Gasteiger partial charge < -0.3 is 10.2 Å². The lowest BCUT2D eigenvalue weighted by Gasteiger charge is -2.31. The van der Waals surface area contributed by atoms with E-state index in [1.54, 1.807) is 0 Å². The van der Waals surface area contributed by atoms with Gasteiger partial charge in [-0.3, -0.25) is 9.89 Å². The zero-order chi connectivity index (χ0) is 21.7. The molecule has 0 saturated carbocycles. The number of nitrogens with one attached hydrogen (secondary N) is 1. The van der Waals surface area contributed by atoms with Crippen molar-refractivity contribution < 1.29 is 21.6 Å². The van der Waals surface area contributed by atoms with Crippen molar-refractivity contribution in [1.82, 2.24) is 19.4 Å². The first-order chi connectivity index (χ1) is 13.6. The lowest BCUT2D eigenvalue weighted by Crippen LogP contribution is -2.45.